The van der Waals surface area contributed by atoms with Crippen molar-refractivity contribution >= 4 is 12.2 Å². The summed E-state index contributed by atoms with van der Waals surface area (Å²) in [6.45, 7) is 3.48. The number of nitrogens with one attached hydrogen (secondary N) is 1. The molecule has 3 heteroatoms. The summed E-state index contributed by atoms with van der Waals surface area (Å²) in [6.07, 6.45) is 1.16. The van der Waals surface area contributed by atoms with E-state index in [0.717, 1.165) is 11.1 Å². The van der Waals surface area contributed by atoms with E-state index in [1.165, 1.54) is 0 Å². The molecule has 0 saturated heterocycles. The third-order valence-corrected chi connectivity index (χ3v) is 2.25. The number of hydrogen-bond acceptors (Lipinski definition) is 2. The van der Waals surface area contributed by atoms with Crippen molar-refractivity contribution in [2.45, 2.75) is 26.3 Å². The Hall–Kier alpha value is -1.64. The minimum Gasteiger partial charge on any atom is -0.352 e. The minimum absolute atomic E-state index is 0.00822. The smallest absolute Gasteiger partial charge is 0.207 e. The molecule has 1 amide bonds. The molecular formula is C12H15NO2. The normalized spacial score (nSPS) is 11.9. The third kappa shape index (κ3) is 3.54. The second-order valence-corrected chi connectivity index (χ2v) is 3.63. The monoisotopic (exact) mass is 205 g/mol. The Labute approximate surface area is 89.5 Å². The number of ketones is 1. The van der Waals surface area contributed by atoms with Crippen LogP contribution in [0.4, 0.5) is 0 Å². The first-order valence-corrected chi connectivity index (χ1v) is 4.91. The molecule has 15 heavy (non-hydrogen) atoms. The van der Waals surface area contributed by atoms with Crippen LogP contribution < -0.4 is 5.32 Å². The van der Waals surface area contributed by atoms with E-state index in [1.54, 1.807) is 6.92 Å². The Morgan fingerprint density at radius 2 is 2.00 bits per heavy atom. The van der Waals surface area contributed by atoms with E-state index in [2.05, 4.69) is 5.32 Å². The molecule has 0 unspecified atom stereocenters. The summed E-state index contributed by atoms with van der Waals surface area (Å²) in [7, 11) is 0. The number of hydrogen-bond donors (Lipinski definition) is 1. The Bertz CT molecular complexity index is 343. The van der Waals surface area contributed by atoms with Crippen molar-refractivity contribution in [1.82, 2.24) is 5.32 Å². The van der Waals surface area contributed by atoms with Gasteiger partial charge in [-0.05, 0) is 25.0 Å². The fourth-order valence-electron chi connectivity index (χ4n) is 1.41. The number of benzene rings is 1. The number of amides is 1. The zero-order chi connectivity index (χ0) is 11.3. The highest BCUT2D eigenvalue weighted by Gasteiger charge is 2.03. The van der Waals surface area contributed by atoms with Crippen molar-refractivity contribution in [3.8, 4) is 0 Å². The fraction of sp³-hybridized carbons (Fsp3) is 0.333. The molecule has 0 radical (unpaired) electrons. The van der Waals surface area contributed by atoms with Crippen molar-refractivity contribution in [2.75, 3.05) is 0 Å². The molecule has 0 aliphatic heterocycles. The van der Waals surface area contributed by atoms with Crippen LogP contribution in [-0.2, 0) is 16.0 Å². The van der Waals surface area contributed by atoms with Crippen LogP contribution in [0.2, 0.25) is 0 Å². The summed E-state index contributed by atoms with van der Waals surface area (Å²) in [5.74, 6) is 0.154. The van der Waals surface area contributed by atoms with E-state index in [0.29, 0.717) is 12.8 Å². The van der Waals surface area contributed by atoms with Crippen LogP contribution in [0, 0.1) is 0 Å². The van der Waals surface area contributed by atoms with Gasteiger partial charge in [-0.25, -0.2) is 0 Å². The van der Waals surface area contributed by atoms with Gasteiger partial charge in [-0.2, -0.15) is 0 Å². The van der Waals surface area contributed by atoms with Crippen molar-refractivity contribution in [3.63, 3.8) is 0 Å². The standard InChI is InChI=1S/C12H15NO2/c1-9(15)7-11-3-5-12(6-4-11)10(2)13-8-14/h3-6,8,10H,7H2,1-2H3,(H,13,14)/t10-/m0/s1. The molecule has 0 aliphatic carbocycles. The quantitative estimate of drug-likeness (QED) is 0.742. The molecule has 0 aromatic heterocycles. The number of Topliss-reactive ketones (excluding diaryl/α,β-unsaturated/α-hetero) is 1. The third-order valence-electron chi connectivity index (χ3n) is 2.25. The lowest BCUT2D eigenvalue weighted by Gasteiger charge is -2.10. The molecule has 1 aromatic carbocycles. The molecule has 1 aromatic rings. The Morgan fingerprint density at radius 3 is 2.47 bits per heavy atom. The lowest BCUT2D eigenvalue weighted by Crippen LogP contribution is -2.15. The van der Waals surface area contributed by atoms with Crippen LogP contribution >= 0.6 is 0 Å². The van der Waals surface area contributed by atoms with Crippen LogP contribution in [0.15, 0.2) is 24.3 Å². The molecule has 0 saturated carbocycles. The fourth-order valence-corrected chi connectivity index (χ4v) is 1.41. The number of carbonyl (C=O) groups is 2. The first-order chi connectivity index (χ1) is 7.13. The van der Waals surface area contributed by atoms with Gasteiger partial charge in [0.05, 0.1) is 6.04 Å². The van der Waals surface area contributed by atoms with Crippen molar-refractivity contribution in [1.29, 1.82) is 0 Å². The van der Waals surface area contributed by atoms with Gasteiger partial charge in [0.15, 0.2) is 0 Å². The van der Waals surface area contributed by atoms with Crippen LogP contribution in [0.25, 0.3) is 0 Å². The molecular weight excluding hydrogens is 190 g/mol. The van der Waals surface area contributed by atoms with E-state index in [9.17, 15) is 9.59 Å². The predicted molar refractivity (Wildman–Crippen MR) is 58.4 cm³/mol. The maximum absolute atomic E-state index is 10.9. The summed E-state index contributed by atoms with van der Waals surface area (Å²) < 4.78 is 0. The number of carbonyl (C=O) groups excluding carboxylic acids is 2. The lowest BCUT2D eigenvalue weighted by atomic mass is 10.0. The maximum Gasteiger partial charge on any atom is 0.207 e. The highest BCUT2D eigenvalue weighted by atomic mass is 16.1. The highest BCUT2D eigenvalue weighted by Crippen LogP contribution is 2.13. The molecule has 0 heterocycles. The molecule has 1 atom stereocenters. The molecule has 1 N–H and O–H groups in total. The van der Waals surface area contributed by atoms with E-state index in [4.69, 9.17) is 0 Å². The van der Waals surface area contributed by atoms with E-state index >= 15 is 0 Å². The average molecular weight is 205 g/mol. The molecule has 1 rings (SSSR count). The highest BCUT2D eigenvalue weighted by molar-refractivity contribution is 5.78. The van der Waals surface area contributed by atoms with Crippen LogP contribution in [0.3, 0.4) is 0 Å². The molecule has 0 bridgehead atoms. The lowest BCUT2D eigenvalue weighted by molar-refractivity contribution is -0.116. The second-order valence-electron chi connectivity index (χ2n) is 3.63. The first kappa shape index (κ1) is 11.4. The minimum atomic E-state index is 0.00822. The zero-order valence-corrected chi connectivity index (χ0v) is 8.99. The predicted octanol–water partition coefficient (Wildman–Crippen LogP) is 1.63. The van der Waals surface area contributed by atoms with Gasteiger partial charge in [-0.1, -0.05) is 24.3 Å². The summed E-state index contributed by atoms with van der Waals surface area (Å²) in [5, 5.41) is 2.67. The van der Waals surface area contributed by atoms with Gasteiger partial charge >= 0.3 is 0 Å². The van der Waals surface area contributed by atoms with E-state index < -0.39 is 0 Å². The van der Waals surface area contributed by atoms with Gasteiger partial charge in [0, 0.05) is 6.42 Å². The summed E-state index contributed by atoms with van der Waals surface area (Å²) in [4.78, 5) is 21.1. The Kier molecular flexibility index (Phi) is 4.03. The SMILES string of the molecule is CC(=O)Cc1ccc([C@H](C)NC=O)cc1. The Morgan fingerprint density at radius 1 is 1.40 bits per heavy atom. The van der Waals surface area contributed by atoms with Crippen molar-refractivity contribution < 1.29 is 9.59 Å². The van der Waals surface area contributed by atoms with Crippen LogP contribution in [0.5, 0.6) is 0 Å². The molecule has 80 valence electrons. The van der Waals surface area contributed by atoms with Gasteiger partial charge in [0.2, 0.25) is 6.41 Å². The average Bonchev–Trinajstić information content (AvgIpc) is 2.18. The summed E-state index contributed by atoms with van der Waals surface area (Å²) in [5.41, 5.74) is 2.04. The Balaban J connectivity index is 2.71. The van der Waals surface area contributed by atoms with Gasteiger partial charge in [-0.15, -0.1) is 0 Å². The largest absolute Gasteiger partial charge is 0.352 e. The molecule has 0 spiro atoms. The molecule has 3 nitrogen and oxygen atoms in total. The maximum atomic E-state index is 10.9. The first-order valence-electron chi connectivity index (χ1n) is 4.91. The van der Waals surface area contributed by atoms with Crippen LogP contribution in [-0.4, -0.2) is 12.2 Å². The van der Waals surface area contributed by atoms with Gasteiger partial charge in [0.25, 0.3) is 0 Å². The molecule has 0 aliphatic rings. The number of rotatable bonds is 5. The molecule has 0 fully saturated rings. The topological polar surface area (TPSA) is 46.2 Å². The zero-order valence-electron chi connectivity index (χ0n) is 8.99. The van der Waals surface area contributed by atoms with Gasteiger partial charge in [0.1, 0.15) is 5.78 Å². The summed E-state index contributed by atoms with van der Waals surface area (Å²) >= 11 is 0. The second kappa shape index (κ2) is 5.29. The van der Waals surface area contributed by atoms with Crippen LogP contribution in [0.1, 0.15) is 31.0 Å². The van der Waals surface area contributed by atoms with Crippen molar-refractivity contribution in [2.24, 2.45) is 0 Å². The van der Waals surface area contributed by atoms with E-state index in [-0.39, 0.29) is 11.8 Å². The summed E-state index contributed by atoms with van der Waals surface area (Å²) in [6, 6.07) is 7.70. The van der Waals surface area contributed by atoms with Gasteiger partial charge in [-0.3, -0.25) is 9.59 Å². The van der Waals surface area contributed by atoms with Gasteiger partial charge < -0.3 is 5.32 Å². The van der Waals surface area contributed by atoms with Crippen molar-refractivity contribution in [3.05, 3.63) is 35.4 Å². The van der Waals surface area contributed by atoms with E-state index in [1.807, 2.05) is 31.2 Å².